The van der Waals surface area contributed by atoms with Crippen LogP contribution in [0.2, 0.25) is 0 Å². The first kappa shape index (κ1) is 17.1. The van der Waals surface area contributed by atoms with Gasteiger partial charge in [-0.25, -0.2) is 14.4 Å². The van der Waals surface area contributed by atoms with Gasteiger partial charge in [-0.3, -0.25) is 4.79 Å². The predicted octanol–water partition coefficient (Wildman–Crippen LogP) is 3.39. The molecule has 0 bridgehead atoms. The van der Waals surface area contributed by atoms with Crippen molar-refractivity contribution < 1.29 is 13.9 Å². The second kappa shape index (κ2) is 8.40. The molecule has 2 fully saturated rings. The van der Waals surface area contributed by atoms with Gasteiger partial charge in [0, 0.05) is 12.5 Å². The van der Waals surface area contributed by atoms with Gasteiger partial charge in [0.15, 0.2) is 5.82 Å². The molecule has 0 atom stereocenters. The highest BCUT2D eigenvalue weighted by molar-refractivity contribution is 5.76. The summed E-state index contributed by atoms with van der Waals surface area (Å²) < 4.78 is 18.5. The minimum absolute atomic E-state index is 0.0435. The second-order valence-corrected chi connectivity index (χ2v) is 7.05. The van der Waals surface area contributed by atoms with Crippen molar-refractivity contribution in [1.29, 1.82) is 0 Å². The molecule has 0 aromatic carbocycles. The Kier molecular flexibility index (Phi) is 5.99. The van der Waals surface area contributed by atoms with E-state index in [4.69, 9.17) is 4.74 Å². The first-order valence-corrected chi connectivity index (χ1v) is 9.12. The molecule has 2 aliphatic rings. The quantitative estimate of drug-likeness (QED) is 0.896. The van der Waals surface area contributed by atoms with Crippen molar-refractivity contribution in [3.63, 3.8) is 0 Å². The molecule has 1 aromatic rings. The van der Waals surface area contributed by atoms with E-state index < -0.39 is 5.82 Å². The first-order chi connectivity index (χ1) is 11.7. The van der Waals surface area contributed by atoms with Crippen molar-refractivity contribution in [2.75, 3.05) is 0 Å². The van der Waals surface area contributed by atoms with Gasteiger partial charge in [0.25, 0.3) is 0 Å². The molecule has 0 unspecified atom stereocenters. The van der Waals surface area contributed by atoms with Crippen molar-refractivity contribution in [1.82, 2.24) is 15.3 Å². The standard InChI is InChI=1S/C18H26FN3O2/c19-14-11-20-18(21-12-14)24-16-8-6-15(7-9-16)22-17(23)10-13-4-2-1-3-5-13/h11-13,15-16H,1-10H2,(H,22,23). The predicted molar refractivity (Wildman–Crippen MR) is 88.0 cm³/mol. The maximum atomic E-state index is 12.8. The van der Waals surface area contributed by atoms with Crippen LogP contribution < -0.4 is 10.1 Å². The second-order valence-electron chi connectivity index (χ2n) is 7.05. The van der Waals surface area contributed by atoms with Crippen LogP contribution in [-0.4, -0.2) is 28.0 Å². The highest BCUT2D eigenvalue weighted by Crippen LogP contribution is 2.27. The molecule has 3 rings (SSSR count). The lowest BCUT2D eigenvalue weighted by molar-refractivity contribution is -0.123. The smallest absolute Gasteiger partial charge is 0.316 e. The number of carbonyl (C=O) groups excluding carboxylic acids is 1. The SMILES string of the molecule is O=C(CC1CCCCC1)NC1CCC(Oc2ncc(F)cn2)CC1. The van der Waals surface area contributed by atoms with E-state index in [2.05, 4.69) is 15.3 Å². The summed E-state index contributed by atoms with van der Waals surface area (Å²) in [5.74, 6) is 0.314. The summed E-state index contributed by atoms with van der Waals surface area (Å²) in [5, 5.41) is 3.18. The fourth-order valence-electron chi connectivity index (χ4n) is 3.78. The van der Waals surface area contributed by atoms with Crippen LogP contribution in [0.1, 0.15) is 64.2 Å². The normalized spacial score (nSPS) is 25.2. The van der Waals surface area contributed by atoms with Crippen LogP contribution in [0.15, 0.2) is 12.4 Å². The third kappa shape index (κ3) is 5.14. The van der Waals surface area contributed by atoms with Crippen molar-refractivity contribution in [2.45, 2.75) is 76.4 Å². The summed E-state index contributed by atoms with van der Waals surface area (Å²) in [6.07, 6.45) is 12.7. The molecule has 5 nitrogen and oxygen atoms in total. The topological polar surface area (TPSA) is 64.1 Å². The minimum Gasteiger partial charge on any atom is -0.460 e. The number of halogens is 1. The number of rotatable bonds is 5. The summed E-state index contributed by atoms with van der Waals surface area (Å²) in [5.41, 5.74) is 0. The third-order valence-electron chi connectivity index (χ3n) is 5.11. The van der Waals surface area contributed by atoms with E-state index >= 15 is 0 Å². The average molecular weight is 335 g/mol. The van der Waals surface area contributed by atoms with Gasteiger partial charge in [-0.2, -0.15) is 0 Å². The maximum absolute atomic E-state index is 12.8. The van der Waals surface area contributed by atoms with E-state index in [0.717, 1.165) is 38.1 Å². The molecule has 2 saturated carbocycles. The zero-order valence-corrected chi connectivity index (χ0v) is 14.0. The van der Waals surface area contributed by atoms with Gasteiger partial charge in [0.2, 0.25) is 5.91 Å². The number of carbonyl (C=O) groups is 1. The number of ether oxygens (including phenoxy) is 1. The van der Waals surface area contributed by atoms with Crippen LogP contribution in [0.5, 0.6) is 6.01 Å². The van der Waals surface area contributed by atoms with Crippen molar-refractivity contribution in [3.8, 4) is 6.01 Å². The van der Waals surface area contributed by atoms with Crippen LogP contribution in [-0.2, 0) is 4.79 Å². The molecule has 0 aliphatic heterocycles. The number of aromatic nitrogens is 2. The van der Waals surface area contributed by atoms with E-state index in [1.807, 2.05) is 0 Å². The molecular weight excluding hydrogens is 309 g/mol. The molecule has 24 heavy (non-hydrogen) atoms. The summed E-state index contributed by atoms with van der Waals surface area (Å²) in [6.45, 7) is 0. The minimum atomic E-state index is -0.466. The number of hydrogen-bond donors (Lipinski definition) is 1. The first-order valence-electron chi connectivity index (χ1n) is 9.12. The van der Waals surface area contributed by atoms with Gasteiger partial charge in [0.05, 0.1) is 12.4 Å². The Bertz CT molecular complexity index is 524. The lowest BCUT2D eigenvalue weighted by Crippen LogP contribution is -2.40. The molecule has 1 heterocycles. The van der Waals surface area contributed by atoms with E-state index in [-0.39, 0.29) is 24.1 Å². The summed E-state index contributed by atoms with van der Waals surface area (Å²) >= 11 is 0. The van der Waals surface area contributed by atoms with Crippen molar-refractivity contribution >= 4 is 5.91 Å². The number of nitrogens with one attached hydrogen (secondary N) is 1. The maximum Gasteiger partial charge on any atom is 0.316 e. The van der Waals surface area contributed by atoms with Crippen molar-refractivity contribution in [3.05, 3.63) is 18.2 Å². The Labute approximate surface area is 142 Å². The molecule has 2 aliphatic carbocycles. The summed E-state index contributed by atoms with van der Waals surface area (Å²) in [4.78, 5) is 19.8. The fraction of sp³-hybridized carbons (Fsp3) is 0.722. The van der Waals surface area contributed by atoms with Crippen LogP contribution in [0.25, 0.3) is 0 Å². The molecule has 6 heteroatoms. The Morgan fingerprint density at radius 1 is 1.08 bits per heavy atom. The van der Waals surface area contributed by atoms with Gasteiger partial charge in [-0.1, -0.05) is 19.3 Å². The zero-order chi connectivity index (χ0) is 16.8. The number of amides is 1. The van der Waals surface area contributed by atoms with Gasteiger partial charge in [-0.05, 0) is 44.4 Å². The molecule has 0 spiro atoms. The van der Waals surface area contributed by atoms with Gasteiger partial charge in [0.1, 0.15) is 6.10 Å². The van der Waals surface area contributed by atoms with Gasteiger partial charge in [-0.15, -0.1) is 0 Å². The van der Waals surface area contributed by atoms with Crippen LogP contribution >= 0.6 is 0 Å². The molecule has 1 N–H and O–H groups in total. The summed E-state index contributed by atoms with van der Waals surface area (Å²) in [7, 11) is 0. The Hall–Kier alpha value is -1.72. The molecule has 1 amide bonds. The van der Waals surface area contributed by atoms with Crippen LogP contribution in [0.3, 0.4) is 0 Å². The van der Waals surface area contributed by atoms with Gasteiger partial charge >= 0.3 is 6.01 Å². The number of nitrogens with zero attached hydrogens (tertiary/aromatic N) is 2. The zero-order valence-electron chi connectivity index (χ0n) is 14.0. The molecule has 0 radical (unpaired) electrons. The van der Waals surface area contributed by atoms with Crippen LogP contribution in [0, 0.1) is 11.7 Å². The lowest BCUT2D eigenvalue weighted by Gasteiger charge is -2.29. The Morgan fingerprint density at radius 2 is 1.75 bits per heavy atom. The molecule has 132 valence electrons. The third-order valence-corrected chi connectivity index (χ3v) is 5.11. The van der Waals surface area contributed by atoms with E-state index in [0.29, 0.717) is 12.3 Å². The van der Waals surface area contributed by atoms with Crippen molar-refractivity contribution in [2.24, 2.45) is 5.92 Å². The summed E-state index contributed by atoms with van der Waals surface area (Å²) in [6, 6.07) is 0.469. The van der Waals surface area contributed by atoms with Crippen LogP contribution in [0.4, 0.5) is 4.39 Å². The Balaban J connectivity index is 1.37. The highest BCUT2D eigenvalue weighted by Gasteiger charge is 2.25. The largest absolute Gasteiger partial charge is 0.460 e. The van der Waals surface area contributed by atoms with Gasteiger partial charge < -0.3 is 10.1 Å². The molecule has 1 aromatic heterocycles. The van der Waals surface area contributed by atoms with E-state index in [1.165, 1.54) is 32.1 Å². The average Bonchev–Trinajstić information content (AvgIpc) is 2.59. The fourth-order valence-corrected chi connectivity index (χ4v) is 3.78. The molecule has 0 saturated heterocycles. The highest BCUT2D eigenvalue weighted by atomic mass is 19.1. The number of hydrogen-bond acceptors (Lipinski definition) is 4. The monoisotopic (exact) mass is 335 g/mol. The Morgan fingerprint density at radius 3 is 2.42 bits per heavy atom. The van der Waals surface area contributed by atoms with E-state index in [9.17, 15) is 9.18 Å². The lowest BCUT2D eigenvalue weighted by atomic mass is 9.86. The molecular formula is C18H26FN3O2. The van der Waals surface area contributed by atoms with E-state index in [1.54, 1.807) is 0 Å².